The number of nitriles is 1. The molecule has 0 spiro atoms. The molecule has 0 bridgehead atoms. The minimum absolute atomic E-state index is 0.0394. The lowest BCUT2D eigenvalue weighted by Crippen LogP contribution is -2.13. The third-order valence-electron chi connectivity index (χ3n) is 3.55. The van der Waals surface area contributed by atoms with E-state index < -0.39 is 5.91 Å². The van der Waals surface area contributed by atoms with E-state index in [1.54, 1.807) is 23.6 Å². The van der Waals surface area contributed by atoms with Crippen LogP contribution >= 0.6 is 11.3 Å². The third kappa shape index (κ3) is 4.21. The van der Waals surface area contributed by atoms with Gasteiger partial charge in [-0.1, -0.05) is 12.1 Å². The second-order valence-corrected chi connectivity index (χ2v) is 6.44. The lowest BCUT2D eigenvalue weighted by atomic mass is 10.2. The number of rotatable bonds is 4. The first kappa shape index (κ1) is 17.5. The van der Waals surface area contributed by atoms with Gasteiger partial charge in [0.25, 0.3) is 5.91 Å². The van der Waals surface area contributed by atoms with E-state index in [-0.39, 0.29) is 11.4 Å². The molecule has 0 aliphatic heterocycles. The summed E-state index contributed by atoms with van der Waals surface area (Å²) >= 11 is 1.36. The maximum atomic E-state index is 13.0. The van der Waals surface area contributed by atoms with Crippen LogP contribution < -0.4 is 5.32 Å². The molecule has 1 N–H and O–H groups in total. The molecule has 0 radical (unpaired) electrons. The van der Waals surface area contributed by atoms with E-state index in [0.717, 1.165) is 11.1 Å². The Hall–Kier alpha value is -3.30. The molecule has 1 aromatic heterocycles. The van der Waals surface area contributed by atoms with Gasteiger partial charge in [-0.05, 0) is 55.0 Å². The molecule has 0 saturated heterocycles. The van der Waals surface area contributed by atoms with E-state index in [4.69, 9.17) is 0 Å². The van der Waals surface area contributed by atoms with E-state index in [2.05, 4.69) is 10.3 Å². The first-order valence-corrected chi connectivity index (χ1v) is 8.64. The molecule has 0 aliphatic carbocycles. The van der Waals surface area contributed by atoms with Crippen LogP contribution in [0.25, 0.3) is 16.6 Å². The third-order valence-corrected chi connectivity index (χ3v) is 4.46. The van der Waals surface area contributed by atoms with E-state index in [1.807, 2.05) is 31.2 Å². The Kier molecular flexibility index (Phi) is 5.20. The molecule has 3 aromatic rings. The lowest BCUT2D eigenvalue weighted by Gasteiger charge is -2.04. The topological polar surface area (TPSA) is 65.8 Å². The highest BCUT2D eigenvalue weighted by Gasteiger charge is 2.11. The van der Waals surface area contributed by atoms with Crippen LogP contribution in [0, 0.1) is 24.1 Å². The molecular formula is C20H14FN3OS. The molecule has 128 valence electrons. The second kappa shape index (κ2) is 7.72. The van der Waals surface area contributed by atoms with Gasteiger partial charge < -0.3 is 5.32 Å². The van der Waals surface area contributed by atoms with Crippen LogP contribution in [0.5, 0.6) is 0 Å². The van der Waals surface area contributed by atoms with Crippen molar-refractivity contribution in [3.8, 4) is 16.6 Å². The maximum absolute atomic E-state index is 13.0. The molecule has 4 nitrogen and oxygen atoms in total. The number of benzene rings is 2. The van der Waals surface area contributed by atoms with Crippen molar-refractivity contribution in [2.75, 3.05) is 5.32 Å². The van der Waals surface area contributed by atoms with Crippen LogP contribution in [0.15, 0.2) is 59.5 Å². The monoisotopic (exact) mass is 363 g/mol. The fraction of sp³-hybridized carbons (Fsp3) is 0.0500. The largest absolute Gasteiger partial charge is 0.321 e. The Morgan fingerprint density at radius 2 is 2.04 bits per heavy atom. The molecule has 6 heteroatoms. The van der Waals surface area contributed by atoms with E-state index >= 15 is 0 Å². The molecule has 1 amide bonds. The Labute approximate surface area is 154 Å². The number of aromatic nitrogens is 1. The molecular weight excluding hydrogens is 349 g/mol. The molecule has 0 fully saturated rings. The van der Waals surface area contributed by atoms with Crippen LogP contribution in [0.2, 0.25) is 0 Å². The molecule has 0 atom stereocenters. The zero-order valence-corrected chi connectivity index (χ0v) is 14.7. The summed E-state index contributed by atoms with van der Waals surface area (Å²) in [6.45, 7) is 1.92. The number of nitrogens with zero attached hydrogens (tertiary/aromatic N) is 2. The quantitative estimate of drug-likeness (QED) is 0.535. The van der Waals surface area contributed by atoms with Crippen molar-refractivity contribution in [2.24, 2.45) is 0 Å². The normalized spacial score (nSPS) is 11.0. The van der Waals surface area contributed by atoms with Crippen molar-refractivity contribution in [1.29, 1.82) is 5.26 Å². The molecule has 3 rings (SSSR count). The summed E-state index contributed by atoms with van der Waals surface area (Å²) in [7, 11) is 0. The lowest BCUT2D eigenvalue weighted by molar-refractivity contribution is -0.112. The van der Waals surface area contributed by atoms with Gasteiger partial charge in [0.05, 0.1) is 5.69 Å². The second-order valence-electron chi connectivity index (χ2n) is 5.58. The first-order chi connectivity index (χ1) is 12.5. The summed E-state index contributed by atoms with van der Waals surface area (Å²) in [6, 6.07) is 15.2. The van der Waals surface area contributed by atoms with Crippen LogP contribution in [0.1, 0.15) is 11.3 Å². The first-order valence-electron chi connectivity index (χ1n) is 7.76. The molecule has 2 aromatic carbocycles. The number of anilines is 1. The van der Waals surface area contributed by atoms with Crippen molar-refractivity contribution in [3.05, 3.63) is 76.6 Å². The summed E-state index contributed by atoms with van der Waals surface area (Å²) in [5, 5.41) is 14.4. The smallest absolute Gasteiger partial charge is 0.266 e. The van der Waals surface area contributed by atoms with E-state index in [1.165, 1.54) is 29.5 Å². The van der Waals surface area contributed by atoms with Gasteiger partial charge in [0.2, 0.25) is 0 Å². The summed E-state index contributed by atoms with van der Waals surface area (Å²) in [5.74, 6) is -0.806. The van der Waals surface area contributed by atoms with E-state index in [9.17, 15) is 14.4 Å². The fourth-order valence-electron chi connectivity index (χ4n) is 2.30. The van der Waals surface area contributed by atoms with Gasteiger partial charge in [-0.3, -0.25) is 4.79 Å². The predicted octanol–water partition coefficient (Wildman–Crippen LogP) is 4.80. The van der Waals surface area contributed by atoms with Gasteiger partial charge in [-0.15, -0.1) is 11.3 Å². The number of carbonyl (C=O) groups excluding carboxylic acids is 1. The Balaban J connectivity index is 1.80. The highest BCUT2D eigenvalue weighted by molar-refractivity contribution is 7.13. The van der Waals surface area contributed by atoms with Crippen LogP contribution in [-0.4, -0.2) is 10.9 Å². The number of thiazole rings is 1. The van der Waals surface area contributed by atoms with Gasteiger partial charge in [-0.2, -0.15) is 5.26 Å². The van der Waals surface area contributed by atoms with Crippen molar-refractivity contribution in [1.82, 2.24) is 4.98 Å². The zero-order chi connectivity index (χ0) is 18.5. The number of carbonyl (C=O) groups is 1. The Bertz CT molecular complexity index is 1020. The van der Waals surface area contributed by atoms with Gasteiger partial charge in [0.1, 0.15) is 22.5 Å². The van der Waals surface area contributed by atoms with Crippen LogP contribution in [-0.2, 0) is 4.79 Å². The number of hydrogen-bond acceptors (Lipinski definition) is 4. The molecule has 0 aliphatic rings. The highest BCUT2D eigenvalue weighted by atomic mass is 32.1. The standard InChI is InChI=1S/C20H14FN3OS/c1-13-3-2-4-17(9-13)23-19(25)15(11-22)10-18-12-26-20(24-18)14-5-7-16(21)8-6-14/h2-10,12H,1H3,(H,23,25). The van der Waals surface area contributed by atoms with Crippen LogP contribution in [0.3, 0.4) is 0 Å². The summed E-state index contributed by atoms with van der Waals surface area (Å²) in [4.78, 5) is 16.7. The minimum Gasteiger partial charge on any atom is -0.321 e. The summed E-state index contributed by atoms with van der Waals surface area (Å²) in [6.07, 6.45) is 1.44. The maximum Gasteiger partial charge on any atom is 0.266 e. The Morgan fingerprint density at radius 1 is 1.27 bits per heavy atom. The van der Waals surface area contributed by atoms with Crippen molar-refractivity contribution in [2.45, 2.75) is 6.92 Å². The number of hydrogen-bond donors (Lipinski definition) is 1. The fourth-order valence-corrected chi connectivity index (χ4v) is 3.08. The average Bonchev–Trinajstić information content (AvgIpc) is 3.09. The van der Waals surface area contributed by atoms with Gasteiger partial charge in [0.15, 0.2) is 0 Å². The van der Waals surface area contributed by atoms with Crippen molar-refractivity contribution in [3.63, 3.8) is 0 Å². The van der Waals surface area contributed by atoms with Gasteiger partial charge >= 0.3 is 0 Å². The number of halogens is 1. The summed E-state index contributed by atoms with van der Waals surface area (Å²) < 4.78 is 13.0. The molecule has 0 unspecified atom stereocenters. The minimum atomic E-state index is -0.491. The molecule has 1 heterocycles. The number of nitrogens with one attached hydrogen (secondary N) is 1. The SMILES string of the molecule is Cc1cccc(NC(=O)C(C#N)=Cc2csc(-c3ccc(F)cc3)n2)c1. The predicted molar refractivity (Wildman–Crippen MR) is 101 cm³/mol. The Morgan fingerprint density at radius 3 is 2.73 bits per heavy atom. The van der Waals surface area contributed by atoms with Gasteiger partial charge in [0, 0.05) is 16.6 Å². The van der Waals surface area contributed by atoms with Crippen molar-refractivity contribution >= 4 is 29.0 Å². The highest BCUT2D eigenvalue weighted by Crippen LogP contribution is 2.25. The number of amides is 1. The zero-order valence-electron chi connectivity index (χ0n) is 13.9. The van der Waals surface area contributed by atoms with Crippen LogP contribution in [0.4, 0.5) is 10.1 Å². The molecule has 0 saturated carbocycles. The van der Waals surface area contributed by atoms with Gasteiger partial charge in [-0.25, -0.2) is 9.37 Å². The summed E-state index contributed by atoms with van der Waals surface area (Å²) in [5.41, 5.74) is 2.88. The molecule has 26 heavy (non-hydrogen) atoms. The number of aryl methyl sites for hydroxylation is 1. The average molecular weight is 363 g/mol. The van der Waals surface area contributed by atoms with Crippen molar-refractivity contribution < 1.29 is 9.18 Å². The van der Waals surface area contributed by atoms with E-state index in [0.29, 0.717) is 16.4 Å².